The van der Waals surface area contributed by atoms with Gasteiger partial charge in [-0.05, 0) is 0 Å². The summed E-state index contributed by atoms with van der Waals surface area (Å²) in [6, 6.07) is 0.832. The topological polar surface area (TPSA) is 244 Å². The Balaban J connectivity index is 2.36. The molecule has 2 rings (SSSR count). The van der Waals surface area contributed by atoms with Crippen molar-refractivity contribution in [1.29, 1.82) is 0 Å². The van der Waals surface area contributed by atoms with Gasteiger partial charge in [0, 0.05) is 12.3 Å². The SMILES string of the molecule is [2H]C([2H])(OP(=O)(O)OP(=O)(O)OP(=O)(O)O)[C@H]1O[C@@H](n2ccc(=O)[nH]c2=O)C(Cl)(C#C)[C@H]1O. The van der Waals surface area contributed by atoms with Gasteiger partial charge in [-0.1, -0.05) is 17.5 Å². The van der Waals surface area contributed by atoms with E-state index in [4.69, 9.17) is 40.2 Å². The maximum absolute atomic E-state index is 12.0. The normalized spacial score (nSPS) is 31.7. The molecule has 0 saturated carbocycles. The van der Waals surface area contributed by atoms with Gasteiger partial charge in [0.05, 0.1) is 9.30 Å². The van der Waals surface area contributed by atoms with E-state index in [1.807, 2.05) is 10.9 Å². The Morgan fingerprint density at radius 2 is 1.90 bits per heavy atom. The molecule has 1 aliphatic rings. The largest absolute Gasteiger partial charge is 0.490 e. The van der Waals surface area contributed by atoms with Crippen LogP contribution in [0.15, 0.2) is 21.9 Å². The Bertz CT molecular complexity index is 1220. The van der Waals surface area contributed by atoms with Crippen molar-refractivity contribution in [2.45, 2.75) is 23.3 Å². The minimum absolute atomic E-state index is 0.568. The summed E-state index contributed by atoms with van der Waals surface area (Å²) in [6.45, 7) is -3.62. The van der Waals surface area contributed by atoms with E-state index >= 15 is 0 Å². The molecule has 1 aromatic rings. The monoisotopic (exact) mass is 528 g/mol. The third-order valence-electron chi connectivity index (χ3n) is 3.38. The van der Waals surface area contributed by atoms with Crippen LogP contribution >= 0.6 is 35.1 Å². The number of hydrogen-bond acceptors (Lipinski definition) is 10. The zero-order valence-corrected chi connectivity index (χ0v) is 18.0. The Labute approximate surface area is 179 Å². The number of halogens is 1. The van der Waals surface area contributed by atoms with Crippen LogP contribution in [0.2, 0.25) is 0 Å². The highest BCUT2D eigenvalue weighted by molar-refractivity contribution is 7.66. The van der Waals surface area contributed by atoms with E-state index in [-0.39, 0.29) is 0 Å². The second-order valence-electron chi connectivity index (χ2n) is 5.58. The number of phosphoric acid groups is 3. The number of ether oxygens (including phenoxy) is 1. The minimum Gasteiger partial charge on any atom is -0.387 e. The lowest BCUT2D eigenvalue weighted by atomic mass is 9.99. The zero-order chi connectivity index (χ0) is 25.6. The summed E-state index contributed by atoms with van der Waals surface area (Å²) in [6.07, 6.45) is -0.419. The van der Waals surface area contributed by atoms with Gasteiger partial charge in [-0.15, -0.1) is 6.42 Å². The molecule has 1 aromatic heterocycles. The fourth-order valence-electron chi connectivity index (χ4n) is 2.22. The van der Waals surface area contributed by atoms with E-state index in [1.165, 1.54) is 0 Å². The molecule has 6 N–H and O–H groups in total. The molecule has 16 nitrogen and oxygen atoms in total. The first-order valence-corrected chi connectivity index (χ1v) is 12.3. The molecule has 0 aliphatic carbocycles. The second-order valence-corrected chi connectivity index (χ2v) is 10.6. The molecule has 2 heterocycles. The van der Waals surface area contributed by atoms with E-state index in [0.29, 0.717) is 4.57 Å². The number of phosphoric ester groups is 1. The molecule has 1 saturated heterocycles. The van der Waals surface area contributed by atoms with Gasteiger partial charge in [-0.2, -0.15) is 8.62 Å². The van der Waals surface area contributed by atoms with E-state index in [1.54, 1.807) is 0 Å². The van der Waals surface area contributed by atoms with Crippen molar-refractivity contribution in [3.05, 3.63) is 33.1 Å². The molecule has 1 fully saturated rings. The summed E-state index contributed by atoms with van der Waals surface area (Å²) in [7, 11) is -17.7. The lowest BCUT2D eigenvalue weighted by Gasteiger charge is -2.25. The van der Waals surface area contributed by atoms with E-state index in [0.717, 1.165) is 12.3 Å². The number of nitrogens with one attached hydrogen (secondary N) is 1. The second kappa shape index (κ2) is 9.01. The summed E-state index contributed by atoms with van der Waals surface area (Å²) < 4.78 is 66.4. The molecular formula is C11H14ClN2O14P3. The average molecular weight is 529 g/mol. The highest BCUT2D eigenvalue weighted by atomic mass is 35.5. The first-order valence-electron chi connectivity index (χ1n) is 8.39. The standard InChI is InChI=1S/C11H14ClN2O14P3/c1-2-11(12)8(16)6(26-9(11)14-4-3-7(15)13-10(14)17)5-25-30(21,22)28-31(23,24)27-29(18,19)20/h1,3-4,6,8-9,16H,5H2,(H,21,22)(H,23,24)(H,13,15,17)(H2,18,19,20)/t6-,8+,9-,11?/m1/s1/i5D2. The molecule has 3 unspecified atom stereocenters. The first-order chi connectivity index (χ1) is 14.7. The fourth-order valence-corrected chi connectivity index (χ4v) is 5.37. The third-order valence-corrected chi connectivity index (χ3v) is 7.56. The summed E-state index contributed by atoms with van der Waals surface area (Å²) in [5.74, 6) is 1.87. The van der Waals surface area contributed by atoms with Crippen LogP contribution in [-0.2, 0) is 31.6 Å². The van der Waals surface area contributed by atoms with Gasteiger partial charge in [0.1, 0.15) is 12.2 Å². The van der Waals surface area contributed by atoms with Crippen molar-refractivity contribution < 1.29 is 59.0 Å². The van der Waals surface area contributed by atoms with Crippen molar-refractivity contribution in [3.8, 4) is 12.3 Å². The van der Waals surface area contributed by atoms with Crippen LogP contribution in [0.1, 0.15) is 8.97 Å². The highest BCUT2D eigenvalue weighted by Gasteiger charge is 2.56. The van der Waals surface area contributed by atoms with Crippen molar-refractivity contribution >= 4 is 35.1 Å². The van der Waals surface area contributed by atoms with Crippen molar-refractivity contribution in [2.24, 2.45) is 0 Å². The molecule has 0 radical (unpaired) electrons. The van der Waals surface area contributed by atoms with Gasteiger partial charge in [0.2, 0.25) is 0 Å². The number of aromatic nitrogens is 2. The number of H-pyrrole nitrogens is 1. The quantitative estimate of drug-likeness (QED) is 0.131. The van der Waals surface area contributed by atoms with Gasteiger partial charge in [0.25, 0.3) is 5.56 Å². The fraction of sp³-hybridized carbons (Fsp3) is 0.455. The summed E-state index contributed by atoms with van der Waals surface area (Å²) in [5.41, 5.74) is -1.98. The Morgan fingerprint density at radius 1 is 1.29 bits per heavy atom. The number of hydrogen-bond donors (Lipinski definition) is 6. The molecule has 31 heavy (non-hydrogen) atoms. The number of alkyl halides is 1. The van der Waals surface area contributed by atoms with Crippen LogP contribution in [0.5, 0.6) is 0 Å². The van der Waals surface area contributed by atoms with Crippen LogP contribution in [0.25, 0.3) is 0 Å². The minimum atomic E-state index is -6.02. The molecule has 0 spiro atoms. The van der Waals surface area contributed by atoms with Gasteiger partial charge in [-0.25, -0.2) is 18.5 Å². The van der Waals surface area contributed by atoms with E-state index in [2.05, 4.69) is 13.1 Å². The van der Waals surface area contributed by atoms with Crippen LogP contribution < -0.4 is 11.2 Å². The number of aliphatic hydroxyl groups excluding tert-OH is 1. The molecule has 1 aliphatic heterocycles. The molecule has 6 atom stereocenters. The van der Waals surface area contributed by atoms with Gasteiger partial charge in [-0.3, -0.25) is 18.9 Å². The van der Waals surface area contributed by atoms with Crippen molar-refractivity contribution in [1.82, 2.24) is 9.55 Å². The number of rotatable bonds is 8. The first kappa shape index (κ1) is 23.0. The van der Waals surface area contributed by atoms with Gasteiger partial charge < -0.3 is 29.4 Å². The number of terminal acetylenes is 1. The zero-order valence-electron chi connectivity index (χ0n) is 16.5. The molecule has 0 amide bonds. The number of aliphatic hydroxyl groups is 1. The Morgan fingerprint density at radius 3 is 2.42 bits per heavy atom. The summed E-state index contributed by atoms with van der Waals surface area (Å²) in [4.78, 5) is 58.4. The molecule has 0 bridgehead atoms. The maximum Gasteiger partial charge on any atom is 0.490 e. The summed E-state index contributed by atoms with van der Waals surface area (Å²) >= 11 is 6.13. The third kappa shape index (κ3) is 6.44. The Kier molecular flexibility index (Phi) is 6.69. The van der Waals surface area contributed by atoms with Crippen molar-refractivity contribution in [3.63, 3.8) is 0 Å². The lowest BCUT2D eigenvalue weighted by molar-refractivity contribution is -0.0455. The Hall–Kier alpha value is -1.14. The predicted molar refractivity (Wildman–Crippen MR) is 98.5 cm³/mol. The van der Waals surface area contributed by atoms with Crippen LogP contribution in [-0.4, -0.2) is 57.9 Å². The molecule has 20 heteroatoms. The van der Waals surface area contributed by atoms with Gasteiger partial charge in [0.15, 0.2) is 11.1 Å². The molecular weight excluding hydrogens is 512 g/mol. The highest BCUT2D eigenvalue weighted by Crippen LogP contribution is 2.66. The van der Waals surface area contributed by atoms with Crippen molar-refractivity contribution in [2.75, 3.05) is 6.56 Å². The predicted octanol–water partition coefficient (Wildman–Crippen LogP) is -1.25. The smallest absolute Gasteiger partial charge is 0.387 e. The van der Waals surface area contributed by atoms with E-state index < -0.39 is 64.6 Å². The van der Waals surface area contributed by atoms with Crippen LogP contribution in [0.3, 0.4) is 0 Å². The maximum atomic E-state index is 12.0. The van der Waals surface area contributed by atoms with Crippen LogP contribution in [0.4, 0.5) is 0 Å². The molecule has 174 valence electrons. The van der Waals surface area contributed by atoms with Crippen LogP contribution in [0, 0.1) is 12.3 Å². The van der Waals surface area contributed by atoms with E-state index in [9.17, 15) is 33.3 Å². The molecule has 0 aromatic carbocycles. The van der Waals surface area contributed by atoms with Gasteiger partial charge >= 0.3 is 29.2 Å². The lowest BCUT2D eigenvalue weighted by Crippen LogP contribution is -2.44. The average Bonchev–Trinajstić information content (AvgIpc) is 2.83. The number of aromatic amines is 1. The summed E-state index contributed by atoms with van der Waals surface area (Å²) in [5, 5.41) is 10.5. The number of nitrogens with zero attached hydrogens (tertiary/aromatic N) is 1.